The molecule has 2 saturated heterocycles. The number of ether oxygens (including phenoxy) is 1. The number of phenolic OH excluding ortho intramolecular Hbond substituents is 1. The minimum Gasteiger partial charge on any atom is -0.504 e. The Hall–Kier alpha value is -6.07. The molecule has 12 heteroatoms. The summed E-state index contributed by atoms with van der Waals surface area (Å²) in [7, 11) is 1.44. The number of anilines is 2. The number of methoxy groups -OCH3 is 1. The normalized spacial score (nSPS) is 26.1. The highest BCUT2D eigenvalue weighted by atomic mass is 35.5. The minimum atomic E-state index is -1.30. The number of halogens is 2. The summed E-state index contributed by atoms with van der Waals surface area (Å²) in [5.74, 6) is -5.19. The van der Waals surface area contributed by atoms with Crippen LogP contribution in [-0.4, -0.2) is 40.8 Å². The van der Waals surface area contributed by atoms with Crippen LogP contribution in [0.3, 0.4) is 0 Å². The number of hydrogen-bond acceptors (Lipinski definition) is 8. The molecule has 2 aliphatic carbocycles. The first kappa shape index (κ1) is 34.7. The Morgan fingerprint density at radius 2 is 1.69 bits per heavy atom. The van der Waals surface area contributed by atoms with Crippen LogP contribution in [0.2, 0.25) is 5.02 Å². The van der Waals surface area contributed by atoms with E-state index in [1.807, 2.05) is 36.4 Å². The second kappa shape index (κ2) is 12.8. The summed E-state index contributed by atoms with van der Waals surface area (Å²) >= 11 is 6.11. The van der Waals surface area contributed by atoms with Crippen LogP contribution in [0.15, 0.2) is 107 Å². The first-order chi connectivity index (χ1) is 26.5. The maximum Gasteiger partial charge on any atom is 0.241 e. The molecular formula is C43H33ClFN3O7. The van der Waals surface area contributed by atoms with E-state index in [1.54, 1.807) is 49.4 Å². The molecule has 1 aromatic heterocycles. The lowest BCUT2D eigenvalue weighted by molar-refractivity contribution is -0.132. The number of amides is 4. The fourth-order valence-electron chi connectivity index (χ4n) is 9.10. The summed E-state index contributed by atoms with van der Waals surface area (Å²) in [6, 6.07) is 22.9. The maximum absolute atomic E-state index is 14.6. The van der Waals surface area contributed by atoms with Gasteiger partial charge >= 0.3 is 0 Å². The van der Waals surface area contributed by atoms with Gasteiger partial charge in [0, 0.05) is 11.5 Å². The fourth-order valence-corrected chi connectivity index (χ4v) is 9.27. The van der Waals surface area contributed by atoms with Gasteiger partial charge in [0.2, 0.25) is 29.5 Å². The van der Waals surface area contributed by atoms with Gasteiger partial charge in [0.15, 0.2) is 17.1 Å². The van der Waals surface area contributed by atoms with E-state index in [-0.39, 0.29) is 46.9 Å². The van der Waals surface area contributed by atoms with Crippen molar-refractivity contribution in [3.8, 4) is 23.0 Å². The van der Waals surface area contributed by atoms with Gasteiger partial charge in [-0.2, -0.15) is 0 Å². The number of benzene rings is 4. The van der Waals surface area contributed by atoms with E-state index in [2.05, 4.69) is 4.98 Å². The van der Waals surface area contributed by atoms with Gasteiger partial charge in [0.05, 0.1) is 46.7 Å². The van der Waals surface area contributed by atoms with Gasteiger partial charge in [0.1, 0.15) is 11.3 Å². The molecule has 5 aromatic rings. The molecule has 4 aromatic carbocycles. The van der Waals surface area contributed by atoms with Gasteiger partial charge < -0.3 is 14.3 Å². The van der Waals surface area contributed by atoms with Gasteiger partial charge in [-0.05, 0) is 98.0 Å². The molecule has 0 bridgehead atoms. The molecule has 0 radical (unpaired) electrons. The van der Waals surface area contributed by atoms with Gasteiger partial charge in [-0.15, -0.1) is 0 Å². The van der Waals surface area contributed by atoms with E-state index in [4.69, 9.17) is 20.8 Å². The molecule has 10 nitrogen and oxygen atoms in total. The zero-order valence-electron chi connectivity index (χ0n) is 29.6. The topological polar surface area (TPSA) is 130 Å². The Kier molecular flexibility index (Phi) is 8.05. The standard InChI is InChI=1S/C43H33ClFN3O7/c1-43-29(16-7-22-8-18-34(49)36(19-22)54-2)26-14-15-27-37(28(26)21-30(43)40(51)48(42(43)53)25-13-17-32(45)31(44)20-25)41(52)47(39(27)50)24-11-9-23(10-12-24)38-46-33-5-3-4-6-35(33)55-38/h3-14,16-20,27-30,37,49H,15,21H2,1-2H3/t27-,28+,29-,30-,37-,43-/m0/s1. The molecule has 3 heterocycles. The number of para-hydroxylation sites is 2. The number of oxazole rings is 1. The highest BCUT2D eigenvalue weighted by molar-refractivity contribution is 6.32. The van der Waals surface area contributed by atoms with Crippen LogP contribution in [0.25, 0.3) is 28.6 Å². The highest BCUT2D eigenvalue weighted by Gasteiger charge is 2.67. The van der Waals surface area contributed by atoms with E-state index in [9.17, 15) is 28.7 Å². The van der Waals surface area contributed by atoms with Crippen molar-refractivity contribution < 1.29 is 37.8 Å². The molecule has 1 N–H and O–H groups in total. The predicted molar refractivity (Wildman–Crippen MR) is 202 cm³/mol. The Morgan fingerprint density at radius 1 is 0.927 bits per heavy atom. The summed E-state index contributed by atoms with van der Waals surface area (Å²) in [5.41, 5.74) is 2.78. The van der Waals surface area contributed by atoms with Crippen molar-refractivity contribution in [2.24, 2.45) is 35.0 Å². The molecule has 3 fully saturated rings. The number of hydrogen-bond donors (Lipinski definition) is 1. The molecule has 55 heavy (non-hydrogen) atoms. The van der Waals surface area contributed by atoms with Crippen LogP contribution in [0.1, 0.15) is 25.3 Å². The van der Waals surface area contributed by atoms with Crippen LogP contribution in [-0.2, 0) is 19.2 Å². The lowest BCUT2D eigenvalue weighted by Gasteiger charge is -2.47. The van der Waals surface area contributed by atoms with Crippen LogP contribution in [0.4, 0.5) is 15.8 Å². The largest absolute Gasteiger partial charge is 0.504 e. The van der Waals surface area contributed by atoms with Crippen LogP contribution in [0.5, 0.6) is 11.5 Å². The summed E-state index contributed by atoms with van der Waals surface area (Å²) in [5, 5.41) is 9.96. The third-order valence-electron chi connectivity index (χ3n) is 11.9. The average molecular weight is 758 g/mol. The quantitative estimate of drug-likeness (QED) is 0.136. The number of aromatic hydroxyl groups is 1. The molecule has 276 valence electrons. The Morgan fingerprint density at radius 3 is 2.44 bits per heavy atom. The maximum atomic E-state index is 14.6. The first-order valence-electron chi connectivity index (χ1n) is 17.9. The van der Waals surface area contributed by atoms with Crippen molar-refractivity contribution in [3.05, 3.63) is 119 Å². The molecule has 4 aliphatic rings. The number of imide groups is 2. The molecule has 4 amide bonds. The van der Waals surface area contributed by atoms with Gasteiger partial charge in [0.25, 0.3) is 0 Å². The van der Waals surface area contributed by atoms with Crippen LogP contribution >= 0.6 is 11.6 Å². The lowest BCUT2D eigenvalue weighted by Crippen LogP contribution is -2.49. The molecule has 1 saturated carbocycles. The van der Waals surface area contributed by atoms with Crippen molar-refractivity contribution in [2.45, 2.75) is 19.8 Å². The van der Waals surface area contributed by atoms with E-state index in [0.717, 1.165) is 16.5 Å². The highest BCUT2D eigenvalue weighted by Crippen LogP contribution is 2.61. The number of aromatic nitrogens is 1. The van der Waals surface area contributed by atoms with Crippen molar-refractivity contribution in [1.82, 2.24) is 4.98 Å². The van der Waals surface area contributed by atoms with Crippen LogP contribution in [0, 0.1) is 40.8 Å². The number of carbonyl (C=O) groups excluding carboxylic acids is 4. The van der Waals surface area contributed by atoms with Gasteiger partial charge in [-0.1, -0.05) is 53.6 Å². The van der Waals surface area contributed by atoms with Crippen molar-refractivity contribution >= 4 is 63.8 Å². The zero-order valence-corrected chi connectivity index (χ0v) is 30.4. The smallest absolute Gasteiger partial charge is 0.241 e. The fraction of sp³-hybridized carbons (Fsp3) is 0.233. The third-order valence-corrected chi connectivity index (χ3v) is 12.1. The molecule has 0 spiro atoms. The summed E-state index contributed by atoms with van der Waals surface area (Å²) in [4.78, 5) is 64.5. The number of phenols is 1. The average Bonchev–Trinajstić information content (AvgIpc) is 3.79. The SMILES string of the molecule is COc1cc(C=C[C@H]2C3=CC[C@@H]4C(=O)N(c5ccc(-c6nc7ccccc7o6)cc5)C(=O)[C@@H]4[C@@H]3C[C@H]3C(=O)N(c4ccc(F)c(Cl)c4)C(=O)[C@@]23C)ccc1O. The number of nitrogens with zero attached hydrogens (tertiary/aromatic N) is 3. The predicted octanol–water partition coefficient (Wildman–Crippen LogP) is 7.98. The molecule has 2 aliphatic heterocycles. The number of fused-ring (bicyclic) bond motifs is 5. The van der Waals surface area contributed by atoms with Crippen molar-refractivity contribution in [3.63, 3.8) is 0 Å². The third kappa shape index (κ3) is 5.24. The van der Waals surface area contributed by atoms with E-state index < -0.39 is 52.6 Å². The van der Waals surface area contributed by atoms with E-state index in [1.165, 1.54) is 30.2 Å². The first-order valence-corrected chi connectivity index (χ1v) is 18.3. The number of rotatable bonds is 6. The minimum absolute atomic E-state index is 0.0367. The summed E-state index contributed by atoms with van der Waals surface area (Å²) in [6.45, 7) is 1.75. The monoisotopic (exact) mass is 757 g/mol. The Balaban J connectivity index is 1.08. The van der Waals surface area contributed by atoms with E-state index >= 15 is 0 Å². The zero-order chi connectivity index (χ0) is 38.3. The molecular weight excluding hydrogens is 725 g/mol. The van der Waals surface area contributed by atoms with Crippen molar-refractivity contribution in [2.75, 3.05) is 16.9 Å². The number of carbonyl (C=O) groups is 4. The molecule has 0 unspecified atom stereocenters. The summed E-state index contributed by atoms with van der Waals surface area (Å²) < 4.78 is 25.4. The molecule has 6 atom stereocenters. The Labute approximate surface area is 319 Å². The Bertz CT molecular complexity index is 2500. The lowest BCUT2D eigenvalue weighted by atomic mass is 9.52. The second-order valence-electron chi connectivity index (χ2n) is 14.6. The second-order valence-corrected chi connectivity index (χ2v) is 15.0. The molecule has 9 rings (SSSR count). The van der Waals surface area contributed by atoms with Gasteiger partial charge in [-0.3, -0.25) is 24.1 Å². The van der Waals surface area contributed by atoms with Crippen LogP contribution < -0.4 is 14.5 Å². The van der Waals surface area contributed by atoms with E-state index in [0.29, 0.717) is 33.8 Å². The summed E-state index contributed by atoms with van der Waals surface area (Å²) in [6.07, 6.45) is 6.04. The van der Waals surface area contributed by atoms with Gasteiger partial charge in [-0.25, -0.2) is 14.3 Å². The number of allylic oxidation sites excluding steroid dienone is 3. The van der Waals surface area contributed by atoms with Crippen molar-refractivity contribution in [1.29, 1.82) is 0 Å².